The fraction of sp³-hybridized carbons (Fsp3) is 0.333. The summed E-state index contributed by atoms with van der Waals surface area (Å²) in [5, 5.41) is 7.36. The summed E-state index contributed by atoms with van der Waals surface area (Å²) in [6, 6.07) is 11.2. The number of hydrogen-bond acceptors (Lipinski definition) is 6. The van der Waals surface area contributed by atoms with Crippen molar-refractivity contribution in [3.8, 4) is 0 Å². The maximum atomic E-state index is 12.8. The Kier molecular flexibility index (Phi) is 11.1. The number of nitrogens with one attached hydrogen (secondary N) is 1. The normalized spacial score (nSPS) is 17.4. The number of alkyl halides is 3. The van der Waals surface area contributed by atoms with E-state index in [0.29, 0.717) is 16.8 Å². The number of carbonyl (C=O) groups is 2. The van der Waals surface area contributed by atoms with Gasteiger partial charge in [-0.2, -0.15) is 13.2 Å². The van der Waals surface area contributed by atoms with Crippen molar-refractivity contribution in [2.75, 3.05) is 13.1 Å². The van der Waals surface area contributed by atoms with E-state index < -0.39 is 28.8 Å². The lowest BCUT2D eigenvalue weighted by atomic mass is 9.78. The summed E-state index contributed by atoms with van der Waals surface area (Å²) in [5.41, 5.74) is 12.5. The summed E-state index contributed by atoms with van der Waals surface area (Å²) in [6.45, 7) is 7.28. The lowest BCUT2D eigenvalue weighted by Crippen LogP contribution is -2.51. The number of allylic oxidation sites excluding steroid dienone is 1. The lowest BCUT2D eigenvalue weighted by molar-refractivity contribution is -0.137. The number of Topliss-reactive ketones (excluding diaryl/α,β-unsaturated/α-hetero) is 1. The first-order valence-corrected chi connectivity index (χ1v) is 12.8. The molecule has 0 saturated carbocycles. The molecule has 7 nitrogen and oxygen atoms in total. The van der Waals surface area contributed by atoms with Gasteiger partial charge in [0.25, 0.3) is 5.91 Å². The Balaban J connectivity index is 0.000000553. The highest BCUT2D eigenvalue weighted by atomic mass is 19.4. The largest absolute Gasteiger partial charge is 0.416 e. The summed E-state index contributed by atoms with van der Waals surface area (Å²) in [7, 11) is 0. The van der Waals surface area contributed by atoms with Gasteiger partial charge in [0.1, 0.15) is 5.82 Å². The molecule has 1 aliphatic rings. The zero-order valence-corrected chi connectivity index (χ0v) is 23.5. The van der Waals surface area contributed by atoms with E-state index in [0.717, 1.165) is 31.0 Å². The van der Waals surface area contributed by atoms with Gasteiger partial charge in [-0.15, -0.1) is 0 Å². The first kappa shape index (κ1) is 32.9. The van der Waals surface area contributed by atoms with E-state index in [9.17, 15) is 27.2 Å². The topological polar surface area (TPSA) is 126 Å². The zero-order chi connectivity index (χ0) is 31.0. The number of benzene rings is 2. The summed E-state index contributed by atoms with van der Waals surface area (Å²) in [4.78, 5) is 30.8. The molecule has 0 radical (unpaired) electrons. The van der Waals surface area contributed by atoms with E-state index in [1.807, 2.05) is 20.8 Å². The number of piperidine rings is 1. The SMILES string of the molecule is CC(=O)/C(N)=C1\CN(C(=O)/C(C=N)=C/N)CC(C)(C)C1=NCc1ccc(C(F)(F)F)cc1.CCc1ccc(F)cc1. The van der Waals surface area contributed by atoms with Crippen molar-refractivity contribution in [1.82, 2.24) is 4.90 Å². The van der Waals surface area contributed by atoms with Gasteiger partial charge >= 0.3 is 6.18 Å². The zero-order valence-electron chi connectivity index (χ0n) is 23.5. The fourth-order valence-corrected chi connectivity index (χ4v) is 4.21. The second-order valence-electron chi connectivity index (χ2n) is 10.1. The number of likely N-dealkylation sites (tertiary alicyclic amines) is 1. The number of amides is 1. The minimum absolute atomic E-state index is 0.00769. The predicted molar refractivity (Wildman–Crippen MR) is 152 cm³/mol. The number of carbonyl (C=O) groups excluding carboxylic acids is 2. The number of aryl methyl sites for hydroxylation is 1. The van der Waals surface area contributed by atoms with Gasteiger partial charge in [-0.1, -0.05) is 45.0 Å². The van der Waals surface area contributed by atoms with Crippen LogP contribution < -0.4 is 11.5 Å². The van der Waals surface area contributed by atoms with Crippen LogP contribution in [-0.4, -0.2) is 41.6 Å². The average molecular weight is 574 g/mol. The van der Waals surface area contributed by atoms with Crippen molar-refractivity contribution in [2.45, 2.75) is 46.8 Å². The van der Waals surface area contributed by atoms with Crippen molar-refractivity contribution < 1.29 is 27.2 Å². The van der Waals surface area contributed by atoms with E-state index in [4.69, 9.17) is 16.9 Å². The molecular weight excluding hydrogens is 538 g/mol. The van der Waals surface area contributed by atoms with Gasteiger partial charge < -0.3 is 21.8 Å². The molecule has 3 rings (SSSR count). The summed E-state index contributed by atoms with van der Waals surface area (Å²) >= 11 is 0. The van der Waals surface area contributed by atoms with Crippen molar-refractivity contribution in [2.24, 2.45) is 21.9 Å². The number of aliphatic imine (C=N–C) groups is 1. The second kappa shape index (κ2) is 13.9. The van der Waals surface area contributed by atoms with Crippen LogP contribution in [0.15, 0.2) is 76.6 Å². The molecule has 0 spiro atoms. The Morgan fingerprint density at radius 2 is 1.63 bits per heavy atom. The van der Waals surface area contributed by atoms with Crippen LogP contribution in [0.5, 0.6) is 0 Å². The summed E-state index contributed by atoms with van der Waals surface area (Å²) in [5.74, 6) is -1.03. The third-order valence-electron chi connectivity index (χ3n) is 6.46. The number of ketones is 1. The maximum Gasteiger partial charge on any atom is 0.416 e. The van der Waals surface area contributed by atoms with Gasteiger partial charge in [-0.3, -0.25) is 14.6 Å². The molecule has 1 heterocycles. The molecular formula is C30H35F4N5O2. The Morgan fingerprint density at radius 1 is 1.07 bits per heavy atom. The van der Waals surface area contributed by atoms with Gasteiger partial charge in [0, 0.05) is 49.1 Å². The van der Waals surface area contributed by atoms with Gasteiger partial charge in [0.05, 0.1) is 23.4 Å². The third-order valence-corrected chi connectivity index (χ3v) is 6.46. The van der Waals surface area contributed by atoms with E-state index in [1.54, 1.807) is 12.1 Å². The standard InChI is InChI=1S/C22H26F3N5O2.C8H9F/c1-13(31)18(28)17-11-30(20(32)15(8-26)9-27)12-21(2,3)19(17)29-10-14-4-6-16(7-5-14)22(23,24)25;1-2-7-3-5-8(9)6-4-7/h4-9,26H,10-12,27-28H2,1-3H3;3-6H,2H2,1H3/b15-9+,18-17-,26-8?,29-19?;. The third kappa shape index (κ3) is 8.86. The molecule has 5 N–H and O–H groups in total. The molecule has 0 bridgehead atoms. The molecule has 0 aromatic heterocycles. The van der Waals surface area contributed by atoms with E-state index in [1.165, 1.54) is 41.7 Å². The molecule has 0 aliphatic carbocycles. The summed E-state index contributed by atoms with van der Waals surface area (Å²) in [6.07, 6.45) is -1.57. The molecule has 41 heavy (non-hydrogen) atoms. The van der Waals surface area contributed by atoms with Crippen LogP contribution in [0.3, 0.4) is 0 Å². The number of nitrogens with two attached hydrogens (primary N) is 2. The molecule has 220 valence electrons. The highest BCUT2D eigenvalue weighted by molar-refractivity contribution is 6.15. The number of hydrogen-bond donors (Lipinski definition) is 3. The molecule has 2 aromatic rings. The van der Waals surface area contributed by atoms with Crippen LogP contribution in [0.25, 0.3) is 0 Å². The highest BCUT2D eigenvalue weighted by Gasteiger charge is 2.39. The fourth-order valence-electron chi connectivity index (χ4n) is 4.21. The monoisotopic (exact) mass is 573 g/mol. The van der Waals surface area contributed by atoms with Crippen LogP contribution in [0.4, 0.5) is 17.6 Å². The van der Waals surface area contributed by atoms with Crippen LogP contribution in [0, 0.1) is 16.6 Å². The Bertz CT molecular complexity index is 1340. The Morgan fingerprint density at radius 3 is 2.10 bits per heavy atom. The molecule has 1 fully saturated rings. The highest BCUT2D eigenvalue weighted by Crippen LogP contribution is 2.33. The molecule has 1 saturated heterocycles. The van der Waals surface area contributed by atoms with Crippen LogP contribution in [-0.2, 0) is 28.7 Å². The lowest BCUT2D eigenvalue weighted by Gasteiger charge is -2.41. The van der Waals surface area contributed by atoms with Crippen LogP contribution in [0.1, 0.15) is 44.4 Å². The Hall–Kier alpha value is -4.28. The first-order chi connectivity index (χ1) is 19.1. The van der Waals surface area contributed by atoms with Crippen molar-refractivity contribution >= 4 is 23.6 Å². The van der Waals surface area contributed by atoms with Gasteiger partial charge in [-0.25, -0.2) is 4.39 Å². The van der Waals surface area contributed by atoms with Crippen LogP contribution >= 0.6 is 0 Å². The summed E-state index contributed by atoms with van der Waals surface area (Å²) < 4.78 is 50.6. The van der Waals surface area contributed by atoms with E-state index in [-0.39, 0.29) is 36.7 Å². The molecule has 11 heteroatoms. The van der Waals surface area contributed by atoms with E-state index >= 15 is 0 Å². The molecule has 0 unspecified atom stereocenters. The average Bonchev–Trinajstić information content (AvgIpc) is 2.92. The number of rotatable bonds is 6. The molecule has 0 atom stereocenters. The number of nitrogens with zero attached hydrogens (tertiary/aromatic N) is 2. The maximum absolute atomic E-state index is 12.8. The van der Waals surface area contributed by atoms with Gasteiger partial charge in [-0.05, 0) is 41.8 Å². The second-order valence-corrected chi connectivity index (χ2v) is 10.1. The number of halogens is 4. The van der Waals surface area contributed by atoms with E-state index in [2.05, 4.69) is 4.99 Å². The Labute approximate surface area is 237 Å². The van der Waals surface area contributed by atoms with Crippen molar-refractivity contribution in [3.05, 3.63) is 94.1 Å². The quantitative estimate of drug-likeness (QED) is 0.250. The van der Waals surface area contributed by atoms with Crippen LogP contribution in [0.2, 0.25) is 0 Å². The molecule has 1 amide bonds. The minimum Gasteiger partial charge on any atom is -0.404 e. The van der Waals surface area contributed by atoms with Gasteiger partial charge in [0.2, 0.25) is 0 Å². The van der Waals surface area contributed by atoms with Crippen molar-refractivity contribution in [1.29, 1.82) is 5.41 Å². The minimum atomic E-state index is -4.43. The molecule has 2 aromatic carbocycles. The smallest absolute Gasteiger partial charge is 0.404 e. The predicted octanol–water partition coefficient (Wildman–Crippen LogP) is 5.20. The molecule has 1 aliphatic heterocycles. The van der Waals surface area contributed by atoms with Gasteiger partial charge in [0.15, 0.2) is 5.78 Å². The van der Waals surface area contributed by atoms with Crippen molar-refractivity contribution in [3.63, 3.8) is 0 Å². The first-order valence-electron chi connectivity index (χ1n) is 12.8.